The number of aromatic amines is 1. The smallest absolute Gasteiger partial charge is 0.357 e. The Morgan fingerprint density at radius 3 is 2.74 bits per heavy atom. The number of hydrogen-bond donors (Lipinski definition) is 2. The van der Waals surface area contributed by atoms with Gasteiger partial charge in [0.05, 0.1) is 13.7 Å². The van der Waals surface area contributed by atoms with Crippen molar-refractivity contribution >= 4 is 29.4 Å². The molecule has 1 atom stereocenters. The van der Waals surface area contributed by atoms with Gasteiger partial charge < -0.3 is 24.5 Å². The van der Waals surface area contributed by atoms with E-state index in [1.807, 2.05) is 32.9 Å². The second-order valence-electron chi connectivity index (χ2n) is 9.89. The van der Waals surface area contributed by atoms with Gasteiger partial charge in [-0.3, -0.25) is 9.59 Å². The first-order valence-corrected chi connectivity index (χ1v) is 13.1. The van der Waals surface area contributed by atoms with Gasteiger partial charge in [0.25, 0.3) is 5.56 Å². The molecule has 1 unspecified atom stereocenters. The Balaban J connectivity index is 1.53. The van der Waals surface area contributed by atoms with Gasteiger partial charge in [-0.1, -0.05) is 24.3 Å². The molecule has 2 N–H and O–H groups in total. The molecule has 200 valence electrons. The molecule has 3 aromatic rings. The number of rotatable bonds is 9. The summed E-state index contributed by atoms with van der Waals surface area (Å²) in [7, 11) is 1.31. The summed E-state index contributed by atoms with van der Waals surface area (Å²) in [5.74, 6) is -0.392. The second-order valence-corrected chi connectivity index (χ2v) is 10.8. The number of thiazole rings is 1. The van der Waals surface area contributed by atoms with E-state index in [1.165, 1.54) is 36.3 Å². The maximum absolute atomic E-state index is 12.0. The van der Waals surface area contributed by atoms with Crippen molar-refractivity contribution in [3.8, 4) is 5.75 Å². The molecule has 0 saturated heterocycles. The second kappa shape index (κ2) is 11.7. The lowest BCUT2D eigenvalue weighted by Crippen LogP contribution is -2.31. The number of benzene rings is 1. The van der Waals surface area contributed by atoms with Crippen molar-refractivity contribution < 1.29 is 23.8 Å². The summed E-state index contributed by atoms with van der Waals surface area (Å²) >= 11 is 1.31. The number of hydrogen-bond acceptors (Lipinski definition) is 9. The number of nitrogens with one attached hydrogen (secondary N) is 2. The fraction of sp³-hybridized carbons (Fsp3) is 0.357. The van der Waals surface area contributed by atoms with Crippen LogP contribution in [0.4, 0.5) is 0 Å². The summed E-state index contributed by atoms with van der Waals surface area (Å²) in [5.41, 5.74) is 3.74. The van der Waals surface area contributed by atoms with Crippen LogP contribution in [0.15, 0.2) is 52.3 Å². The fourth-order valence-electron chi connectivity index (χ4n) is 4.10. The number of nitrogens with zero attached hydrogens (tertiary/aromatic N) is 1. The third-order valence-electron chi connectivity index (χ3n) is 5.73. The molecule has 1 aliphatic carbocycles. The Morgan fingerprint density at radius 2 is 2.00 bits per heavy atom. The van der Waals surface area contributed by atoms with Crippen LogP contribution in [0.1, 0.15) is 65.5 Å². The van der Waals surface area contributed by atoms with Crippen LogP contribution in [0.25, 0.3) is 6.08 Å². The number of pyridine rings is 1. The predicted molar refractivity (Wildman–Crippen MR) is 144 cm³/mol. The average molecular weight is 538 g/mol. The van der Waals surface area contributed by atoms with Crippen LogP contribution >= 0.6 is 11.3 Å². The molecule has 9 nitrogen and oxygen atoms in total. The number of H-pyrrole nitrogens is 1. The molecule has 38 heavy (non-hydrogen) atoms. The largest absolute Gasteiger partial charge is 0.479 e. The molecule has 0 fully saturated rings. The van der Waals surface area contributed by atoms with Crippen LogP contribution in [0.3, 0.4) is 0 Å². The van der Waals surface area contributed by atoms with E-state index in [2.05, 4.69) is 27.4 Å². The molecule has 2 heterocycles. The minimum atomic E-state index is -0.566. The zero-order chi connectivity index (χ0) is 27.3. The zero-order valence-electron chi connectivity index (χ0n) is 21.8. The predicted octanol–water partition coefficient (Wildman–Crippen LogP) is 4.20. The Labute approximate surface area is 224 Å². The molecule has 10 heteroatoms. The monoisotopic (exact) mass is 537 g/mol. The number of carbonyl (C=O) groups is 2. The highest BCUT2D eigenvalue weighted by molar-refractivity contribution is 7.09. The molecular weight excluding hydrogens is 506 g/mol. The van der Waals surface area contributed by atoms with Crippen LogP contribution in [0, 0.1) is 0 Å². The van der Waals surface area contributed by atoms with Crippen molar-refractivity contribution in [1.29, 1.82) is 0 Å². The molecule has 0 spiro atoms. The van der Waals surface area contributed by atoms with Gasteiger partial charge in [0.2, 0.25) is 0 Å². The standard InChI is InChI=1S/C28H31N3O6S/c1-28(2,3)37-24(33)15-29-14-17-5-6-19-12-20(8-7-18(19)11-17)25(36-21-9-10-30-23(32)13-21)26-31-22(16-38-26)27(34)35-4/h5-6,9-13,16,25,29H,7-8,14-15H2,1-4H3,(H,30,32). The number of methoxy groups -OCH3 is 1. The molecular formula is C28H31N3O6S. The van der Waals surface area contributed by atoms with E-state index in [0.29, 0.717) is 23.7 Å². The van der Waals surface area contributed by atoms with E-state index in [1.54, 1.807) is 11.4 Å². The zero-order valence-corrected chi connectivity index (χ0v) is 22.6. The van der Waals surface area contributed by atoms with Gasteiger partial charge in [-0.15, -0.1) is 11.3 Å². The molecule has 0 bridgehead atoms. The number of aromatic nitrogens is 2. The lowest BCUT2D eigenvalue weighted by molar-refractivity contribution is -0.153. The summed E-state index contributed by atoms with van der Waals surface area (Å²) in [6.07, 6.45) is 4.53. The molecule has 0 aliphatic heterocycles. The van der Waals surface area contributed by atoms with E-state index < -0.39 is 17.7 Å². The van der Waals surface area contributed by atoms with Crippen molar-refractivity contribution in [3.05, 3.63) is 85.2 Å². The third kappa shape index (κ3) is 7.17. The minimum Gasteiger partial charge on any atom is -0.479 e. The Bertz CT molecular complexity index is 1400. The minimum absolute atomic E-state index is 0.140. The molecule has 1 aliphatic rings. The highest BCUT2D eigenvalue weighted by Gasteiger charge is 2.26. The number of carbonyl (C=O) groups excluding carboxylic acids is 2. The van der Waals surface area contributed by atoms with E-state index >= 15 is 0 Å². The lowest BCUT2D eigenvalue weighted by Gasteiger charge is -2.24. The van der Waals surface area contributed by atoms with Crippen LogP contribution in [0.5, 0.6) is 5.75 Å². The number of fused-ring (bicyclic) bond motifs is 1. The molecule has 2 aromatic heterocycles. The summed E-state index contributed by atoms with van der Waals surface area (Å²) in [4.78, 5) is 42.8. The van der Waals surface area contributed by atoms with Gasteiger partial charge in [-0.2, -0.15) is 0 Å². The highest BCUT2D eigenvalue weighted by Crippen LogP contribution is 2.37. The van der Waals surface area contributed by atoms with Crippen LogP contribution < -0.4 is 15.6 Å². The summed E-state index contributed by atoms with van der Waals surface area (Å²) in [6.45, 7) is 6.22. The van der Waals surface area contributed by atoms with E-state index in [0.717, 1.165) is 23.1 Å². The molecule has 4 rings (SSSR count). The van der Waals surface area contributed by atoms with Gasteiger partial charge in [-0.25, -0.2) is 9.78 Å². The lowest BCUT2D eigenvalue weighted by atomic mass is 9.88. The van der Waals surface area contributed by atoms with Gasteiger partial charge in [0, 0.05) is 24.2 Å². The fourth-order valence-corrected chi connectivity index (χ4v) is 4.95. The first-order chi connectivity index (χ1) is 18.1. The van der Waals surface area contributed by atoms with Crippen molar-refractivity contribution in [1.82, 2.24) is 15.3 Å². The third-order valence-corrected chi connectivity index (χ3v) is 6.62. The molecule has 0 amide bonds. The van der Waals surface area contributed by atoms with Crippen LogP contribution in [0.2, 0.25) is 0 Å². The first-order valence-electron chi connectivity index (χ1n) is 12.3. The Hall–Kier alpha value is -3.76. The summed E-state index contributed by atoms with van der Waals surface area (Å²) < 4.78 is 16.4. The van der Waals surface area contributed by atoms with Crippen LogP contribution in [-0.2, 0) is 27.2 Å². The number of esters is 2. The Kier molecular flexibility index (Phi) is 8.43. The number of aryl methyl sites for hydroxylation is 1. The van der Waals surface area contributed by atoms with Crippen molar-refractivity contribution in [2.24, 2.45) is 0 Å². The normalized spacial score (nSPS) is 13.7. The SMILES string of the molecule is COC(=O)c1csc(C(Oc2cc[nH]c(=O)c2)C2=Cc3ccc(CNCC(=O)OC(C)(C)C)cc3CC2)n1. The van der Waals surface area contributed by atoms with Crippen molar-refractivity contribution in [3.63, 3.8) is 0 Å². The van der Waals surface area contributed by atoms with Gasteiger partial charge in [-0.05, 0) is 61.9 Å². The van der Waals surface area contributed by atoms with Crippen molar-refractivity contribution in [2.75, 3.05) is 13.7 Å². The topological polar surface area (TPSA) is 120 Å². The van der Waals surface area contributed by atoms with E-state index in [9.17, 15) is 14.4 Å². The number of ether oxygens (including phenoxy) is 3. The average Bonchev–Trinajstić information content (AvgIpc) is 3.35. The van der Waals surface area contributed by atoms with Gasteiger partial charge in [0.15, 0.2) is 11.8 Å². The molecule has 0 saturated carbocycles. The van der Waals surface area contributed by atoms with Crippen molar-refractivity contribution in [2.45, 2.75) is 51.9 Å². The summed E-state index contributed by atoms with van der Waals surface area (Å²) in [6, 6.07) is 9.26. The Morgan fingerprint density at radius 1 is 1.18 bits per heavy atom. The highest BCUT2D eigenvalue weighted by atomic mass is 32.1. The quantitative estimate of drug-likeness (QED) is 0.390. The first kappa shape index (κ1) is 27.3. The molecule has 1 aromatic carbocycles. The molecule has 0 radical (unpaired) electrons. The van der Waals surface area contributed by atoms with Crippen LogP contribution in [-0.4, -0.2) is 41.2 Å². The van der Waals surface area contributed by atoms with E-state index in [-0.39, 0.29) is 23.8 Å². The maximum atomic E-state index is 12.0. The van der Waals surface area contributed by atoms with E-state index in [4.69, 9.17) is 14.2 Å². The summed E-state index contributed by atoms with van der Waals surface area (Å²) in [5, 5.41) is 5.39. The maximum Gasteiger partial charge on any atom is 0.357 e. The van der Waals surface area contributed by atoms with Gasteiger partial charge in [0.1, 0.15) is 16.4 Å². The van der Waals surface area contributed by atoms with Gasteiger partial charge >= 0.3 is 11.9 Å².